The molecule has 6 heteroatoms. The van der Waals surface area contributed by atoms with Gasteiger partial charge < -0.3 is 4.74 Å². The van der Waals surface area contributed by atoms with Gasteiger partial charge in [0.1, 0.15) is 6.10 Å². The maximum atomic E-state index is 12.1. The smallest absolute Gasteiger partial charge is 0.289 e. The summed E-state index contributed by atoms with van der Waals surface area (Å²) in [4.78, 5) is 12.1. The first kappa shape index (κ1) is 16.8. The van der Waals surface area contributed by atoms with E-state index < -0.39 is 0 Å². The summed E-state index contributed by atoms with van der Waals surface area (Å²) in [5.74, 6) is 0.284. The standard InChI is InChI=1S/C16H18Cl2N2O2/c1-3-4-8-20-16(21)15(18)14(10-19-20)22-11(2)12-6-5-7-13(17)9-12/h5-7,9-11H,3-4,8H2,1-2H3. The summed E-state index contributed by atoms with van der Waals surface area (Å²) in [6.45, 7) is 4.47. The Morgan fingerprint density at radius 3 is 2.82 bits per heavy atom. The highest BCUT2D eigenvalue weighted by Gasteiger charge is 2.14. The van der Waals surface area contributed by atoms with Crippen LogP contribution in [0.4, 0.5) is 0 Å². The van der Waals surface area contributed by atoms with Crippen molar-refractivity contribution in [3.63, 3.8) is 0 Å². The average molecular weight is 341 g/mol. The molecule has 1 aromatic carbocycles. The third kappa shape index (κ3) is 4.02. The molecule has 118 valence electrons. The Bertz CT molecular complexity index is 701. The number of nitrogens with zero attached hydrogens (tertiary/aromatic N) is 2. The zero-order valence-corrected chi connectivity index (χ0v) is 14.1. The van der Waals surface area contributed by atoms with E-state index in [0.29, 0.717) is 11.6 Å². The number of rotatable bonds is 6. The van der Waals surface area contributed by atoms with Gasteiger partial charge in [0.2, 0.25) is 0 Å². The molecule has 0 saturated carbocycles. The van der Waals surface area contributed by atoms with E-state index in [2.05, 4.69) is 12.0 Å². The van der Waals surface area contributed by atoms with Gasteiger partial charge in [0.25, 0.3) is 5.56 Å². The van der Waals surface area contributed by atoms with Gasteiger partial charge in [-0.3, -0.25) is 4.79 Å². The Morgan fingerprint density at radius 2 is 2.14 bits per heavy atom. The SMILES string of the molecule is CCCCn1ncc(OC(C)c2cccc(Cl)c2)c(Cl)c1=O. The number of aryl methyl sites for hydroxylation is 1. The number of aromatic nitrogens is 2. The molecule has 1 aromatic heterocycles. The summed E-state index contributed by atoms with van der Waals surface area (Å²) < 4.78 is 7.12. The Morgan fingerprint density at radius 1 is 1.36 bits per heavy atom. The van der Waals surface area contributed by atoms with E-state index in [1.807, 2.05) is 25.1 Å². The quantitative estimate of drug-likeness (QED) is 0.778. The van der Waals surface area contributed by atoms with Crippen molar-refractivity contribution in [2.45, 2.75) is 39.3 Å². The molecule has 2 rings (SSSR count). The summed E-state index contributed by atoms with van der Waals surface area (Å²) in [5, 5.41) is 4.80. The molecule has 1 unspecified atom stereocenters. The molecule has 22 heavy (non-hydrogen) atoms. The number of benzene rings is 1. The van der Waals surface area contributed by atoms with Gasteiger partial charge in [-0.15, -0.1) is 0 Å². The Hall–Kier alpha value is -1.52. The highest BCUT2D eigenvalue weighted by Crippen LogP contribution is 2.26. The molecule has 0 fully saturated rings. The van der Waals surface area contributed by atoms with Gasteiger partial charge in [-0.05, 0) is 31.0 Å². The fraction of sp³-hybridized carbons (Fsp3) is 0.375. The van der Waals surface area contributed by atoms with E-state index in [0.717, 1.165) is 18.4 Å². The van der Waals surface area contributed by atoms with Crippen LogP contribution in [0.5, 0.6) is 5.75 Å². The molecule has 0 amide bonds. The van der Waals surface area contributed by atoms with Gasteiger partial charge in [-0.2, -0.15) is 5.10 Å². The predicted molar refractivity (Wildman–Crippen MR) is 88.9 cm³/mol. The fourth-order valence-electron chi connectivity index (χ4n) is 2.02. The zero-order chi connectivity index (χ0) is 16.1. The van der Waals surface area contributed by atoms with E-state index in [1.54, 1.807) is 6.07 Å². The lowest BCUT2D eigenvalue weighted by Crippen LogP contribution is -2.24. The average Bonchev–Trinajstić information content (AvgIpc) is 2.51. The minimum Gasteiger partial charge on any atom is -0.483 e. The number of unbranched alkanes of at least 4 members (excludes halogenated alkanes) is 1. The van der Waals surface area contributed by atoms with Crippen molar-refractivity contribution in [1.82, 2.24) is 9.78 Å². The third-order valence-electron chi connectivity index (χ3n) is 3.30. The first-order chi connectivity index (χ1) is 10.5. The van der Waals surface area contributed by atoms with Gasteiger partial charge in [-0.25, -0.2) is 4.68 Å². The van der Waals surface area contributed by atoms with E-state index in [9.17, 15) is 4.79 Å². The van der Waals surface area contributed by atoms with Crippen LogP contribution in [0.2, 0.25) is 10.0 Å². The maximum absolute atomic E-state index is 12.1. The summed E-state index contributed by atoms with van der Waals surface area (Å²) in [7, 11) is 0. The molecule has 1 atom stereocenters. The number of hydrogen-bond acceptors (Lipinski definition) is 3. The first-order valence-corrected chi connectivity index (χ1v) is 7.96. The lowest BCUT2D eigenvalue weighted by atomic mass is 10.1. The van der Waals surface area contributed by atoms with Crippen LogP contribution in [-0.4, -0.2) is 9.78 Å². The number of hydrogen-bond donors (Lipinski definition) is 0. The van der Waals surface area contributed by atoms with Crippen molar-refractivity contribution in [3.8, 4) is 5.75 Å². The van der Waals surface area contributed by atoms with Gasteiger partial charge in [0, 0.05) is 11.6 Å². The fourth-order valence-corrected chi connectivity index (χ4v) is 2.41. The Balaban J connectivity index is 2.19. The largest absolute Gasteiger partial charge is 0.483 e. The minimum atomic E-state index is -0.328. The van der Waals surface area contributed by atoms with E-state index in [1.165, 1.54) is 10.9 Å². The van der Waals surface area contributed by atoms with Crippen molar-refractivity contribution in [1.29, 1.82) is 0 Å². The van der Waals surface area contributed by atoms with Crippen LogP contribution in [0.3, 0.4) is 0 Å². The van der Waals surface area contributed by atoms with Crippen LogP contribution in [-0.2, 0) is 6.54 Å². The number of halogens is 2. The van der Waals surface area contributed by atoms with Crippen molar-refractivity contribution in [3.05, 3.63) is 56.4 Å². The second kappa shape index (κ2) is 7.65. The molecule has 0 radical (unpaired) electrons. The number of ether oxygens (including phenoxy) is 1. The van der Waals surface area contributed by atoms with Crippen LogP contribution in [0.15, 0.2) is 35.3 Å². The predicted octanol–water partition coefficient (Wildman–Crippen LogP) is 4.49. The van der Waals surface area contributed by atoms with E-state index >= 15 is 0 Å². The molecule has 0 bridgehead atoms. The molecule has 0 aliphatic carbocycles. The molecule has 4 nitrogen and oxygen atoms in total. The topological polar surface area (TPSA) is 44.1 Å². The Labute approximate surface area is 139 Å². The zero-order valence-electron chi connectivity index (χ0n) is 12.6. The highest BCUT2D eigenvalue weighted by atomic mass is 35.5. The monoisotopic (exact) mass is 340 g/mol. The maximum Gasteiger partial charge on any atom is 0.289 e. The van der Waals surface area contributed by atoms with Crippen LogP contribution in [0, 0.1) is 0 Å². The molecule has 0 N–H and O–H groups in total. The van der Waals surface area contributed by atoms with E-state index in [-0.39, 0.29) is 22.4 Å². The van der Waals surface area contributed by atoms with E-state index in [4.69, 9.17) is 27.9 Å². The molecule has 0 aliphatic heterocycles. The second-order valence-corrected chi connectivity index (χ2v) is 5.83. The third-order valence-corrected chi connectivity index (χ3v) is 3.88. The minimum absolute atomic E-state index is 0.0555. The van der Waals surface area contributed by atoms with Gasteiger partial charge >= 0.3 is 0 Å². The van der Waals surface area contributed by atoms with Crippen molar-refractivity contribution in [2.24, 2.45) is 0 Å². The van der Waals surface area contributed by atoms with Gasteiger partial charge in [0.05, 0.1) is 6.20 Å². The molecular weight excluding hydrogens is 323 g/mol. The summed E-state index contributed by atoms with van der Waals surface area (Å²) in [6.07, 6.45) is 3.06. The van der Waals surface area contributed by atoms with Crippen molar-refractivity contribution in [2.75, 3.05) is 0 Å². The molecule has 1 heterocycles. The first-order valence-electron chi connectivity index (χ1n) is 7.20. The second-order valence-electron chi connectivity index (χ2n) is 5.02. The molecular formula is C16H18Cl2N2O2. The molecule has 0 aliphatic rings. The van der Waals surface area contributed by atoms with Crippen LogP contribution >= 0.6 is 23.2 Å². The van der Waals surface area contributed by atoms with Crippen LogP contribution in [0.1, 0.15) is 38.4 Å². The highest BCUT2D eigenvalue weighted by molar-refractivity contribution is 6.31. The van der Waals surface area contributed by atoms with Gasteiger partial charge in [0.15, 0.2) is 10.8 Å². The molecule has 0 saturated heterocycles. The lowest BCUT2D eigenvalue weighted by molar-refractivity contribution is 0.224. The van der Waals surface area contributed by atoms with Crippen LogP contribution < -0.4 is 10.3 Å². The summed E-state index contributed by atoms with van der Waals surface area (Å²) in [5.41, 5.74) is 0.574. The van der Waals surface area contributed by atoms with Gasteiger partial charge in [-0.1, -0.05) is 48.7 Å². The lowest BCUT2D eigenvalue weighted by Gasteiger charge is -2.16. The van der Waals surface area contributed by atoms with Crippen LogP contribution in [0.25, 0.3) is 0 Å². The Kier molecular flexibility index (Phi) is 5.86. The molecule has 0 spiro atoms. The van der Waals surface area contributed by atoms with Crippen molar-refractivity contribution < 1.29 is 4.74 Å². The molecule has 2 aromatic rings. The summed E-state index contributed by atoms with van der Waals surface area (Å²) >= 11 is 12.1. The normalized spacial score (nSPS) is 12.2. The van der Waals surface area contributed by atoms with Crippen molar-refractivity contribution >= 4 is 23.2 Å². The summed E-state index contributed by atoms with van der Waals surface area (Å²) in [6, 6.07) is 7.36.